The van der Waals surface area contributed by atoms with Gasteiger partial charge in [-0.3, -0.25) is 4.79 Å². The van der Waals surface area contributed by atoms with Crippen LogP contribution < -0.4 is 0 Å². The van der Waals surface area contributed by atoms with E-state index < -0.39 is 0 Å². The lowest BCUT2D eigenvalue weighted by molar-refractivity contribution is -0.139. The highest BCUT2D eigenvalue weighted by Gasteiger charge is 2.25. The predicted molar refractivity (Wildman–Crippen MR) is 98.6 cm³/mol. The maximum Gasteiger partial charge on any atom is 0.222 e. The van der Waals surface area contributed by atoms with Crippen LogP contribution in [0.15, 0.2) is 30.3 Å². The number of hydrogen-bond donors (Lipinski definition) is 0. The highest BCUT2D eigenvalue weighted by Crippen LogP contribution is 2.39. The van der Waals surface area contributed by atoms with Gasteiger partial charge in [-0.25, -0.2) is 0 Å². The molecule has 23 heavy (non-hydrogen) atoms. The van der Waals surface area contributed by atoms with Crippen molar-refractivity contribution in [1.82, 2.24) is 4.90 Å². The zero-order valence-corrected chi connectivity index (χ0v) is 15.1. The Labute approximate surface area is 146 Å². The summed E-state index contributed by atoms with van der Waals surface area (Å²) in [6, 6.07) is 10.2. The van der Waals surface area contributed by atoms with Crippen LogP contribution in [0, 0.1) is 0 Å². The summed E-state index contributed by atoms with van der Waals surface area (Å²) in [7, 11) is 4.03. The van der Waals surface area contributed by atoms with Gasteiger partial charge in [0.1, 0.15) is 6.10 Å². The molecule has 2 atom stereocenters. The zero-order chi connectivity index (χ0) is 15.9. The first-order valence-corrected chi connectivity index (χ1v) is 10.9. The van der Waals surface area contributed by atoms with E-state index in [9.17, 15) is 4.79 Å². The molecule has 1 amide bonds. The highest BCUT2D eigenvalue weighted by molar-refractivity contribution is 8.77. The minimum Gasteiger partial charge on any atom is -0.370 e. The molecule has 5 heteroatoms. The molecule has 3 nitrogen and oxygen atoms in total. The number of morpholine rings is 1. The van der Waals surface area contributed by atoms with Gasteiger partial charge in [-0.2, -0.15) is 0 Å². The molecule has 0 aliphatic carbocycles. The Kier molecular flexibility index (Phi) is 6.72. The van der Waals surface area contributed by atoms with Crippen molar-refractivity contribution in [2.75, 3.05) is 25.4 Å². The first kappa shape index (κ1) is 17.2. The van der Waals surface area contributed by atoms with Gasteiger partial charge in [0.25, 0.3) is 0 Å². The van der Waals surface area contributed by atoms with Gasteiger partial charge in [0.15, 0.2) is 0 Å². The van der Waals surface area contributed by atoms with E-state index in [0.717, 1.165) is 18.2 Å². The lowest BCUT2D eigenvalue weighted by Crippen LogP contribution is -2.42. The van der Waals surface area contributed by atoms with E-state index in [1.165, 1.54) is 30.6 Å². The fourth-order valence-electron chi connectivity index (χ4n) is 3.12. The largest absolute Gasteiger partial charge is 0.370 e. The number of carbonyl (C=O) groups excluding carboxylic acids is 1. The summed E-state index contributed by atoms with van der Waals surface area (Å²) >= 11 is 0. The number of carbonyl (C=O) groups is 1. The second-order valence-electron chi connectivity index (χ2n) is 6.18. The van der Waals surface area contributed by atoms with Crippen LogP contribution >= 0.6 is 21.6 Å². The van der Waals surface area contributed by atoms with Crippen LogP contribution in [-0.2, 0) is 9.53 Å². The van der Waals surface area contributed by atoms with Gasteiger partial charge < -0.3 is 9.64 Å². The molecule has 2 saturated heterocycles. The number of unbranched alkanes of at least 4 members (excludes halogenated alkanes) is 1. The molecule has 0 saturated carbocycles. The SMILES string of the molecule is O=C(CCCC[C@H]1CCSS1)N1CCO[C@H](c2ccccc2)C1. The van der Waals surface area contributed by atoms with E-state index in [-0.39, 0.29) is 6.10 Å². The summed E-state index contributed by atoms with van der Waals surface area (Å²) in [6.45, 7) is 2.07. The Balaban J connectivity index is 1.40. The minimum absolute atomic E-state index is 0.0285. The molecule has 3 rings (SSSR count). The van der Waals surface area contributed by atoms with Crippen molar-refractivity contribution < 1.29 is 9.53 Å². The summed E-state index contributed by atoms with van der Waals surface area (Å²) in [5.74, 6) is 1.59. The fourth-order valence-corrected chi connectivity index (χ4v) is 6.14. The molecule has 0 bridgehead atoms. The van der Waals surface area contributed by atoms with Crippen LogP contribution in [-0.4, -0.2) is 41.5 Å². The normalized spacial score (nSPS) is 24.8. The number of ether oxygens (including phenoxy) is 1. The first-order valence-electron chi connectivity index (χ1n) is 8.55. The van der Waals surface area contributed by atoms with Crippen LogP contribution in [0.2, 0.25) is 0 Å². The molecule has 1 aromatic carbocycles. The molecule has 126 valence electrons. The third-order valence-corrected chi connectivity index (χ3v) is 7.49. The van der Waals surface area contributed by atoms with Crippen LogP contribution in [0.1, 0.15) is 43.8 Å². The Hall–Kier alpha value is -0.650. The number of hydrogen-bond acceptors (Lipinski definition) is 4. The summed E-state index contributed by atoms with van der Waals surface area (Å²) in [5, 5.41) is 0.820. The van der Waals surface area contributed by atoms with Crippen molar-refractivity contribution in [2.24, 2.45) is 0 Å². The van der Waals surface area contributed by atoms with Crippen LogP contribution in [0.25, 0.3) is 0 Å². The average molecular weight is 352 g/mol. The Morgan fingerprint density at radius 1 is 1.26 bits per heavy atom. The first-order chi connectivity index (χ1) is 11.3. The van der Waals surface area contributed by atoms with Crippen molar-refractivity contribution in [1.29, 1.82) is 0 Å². The fraction of sp³-hybridized carbons (Fsp3) is 0.611. The van der Waals surface area contributed by atoms with E-state index in [4.69, 9.17) is 4.74 Å². The average Bonchev–Trinajstić information content (AvgIpc) is 3.13. The smallest absolute Gasteiger partial charge is 0.222 e. The maximum absolute atomic E-state index is 12.4. The van der Waals surface area contributed by atoms with Crippen molar-refractivity contribution in [3.05, 3.63) is 35.9 Å². The van der Waals surface area contributed by atoms with E-state index in [2.05, 4.69) is 12.1 Å². The molecule has 2 aliphatic rings. The monoisotopic (exact) mass is 351 g/mol. The molecule has 1 aromatic rings. The second-order valence-corrected chi connectivity index (χ2v) is 8.97. The topological polar surface area (TPSA) is 29.5 Å². The quantitative estimate of drug-likeness (QED) is 0.564. The third kappa shape index (κ3) is 5.16. The van der Waals surface area contributed by atoms with Gasteiger partial charge in [0, 0.05) is 24.0 Å². The van der Waals surface area contributed by atoms with Gasteiger partial charge in [-0.15, -0.1) is 0 Å². The molecular weight excluding hydrogens is 326 g/mol. The van der Waals surface area contributed by atoms with Gasteiger partial charge in [-0.05, 0) is 24.8 Å². The van der Waals surface area contributed by atoms with Gasteiger partial charge in [0.05, 0.1) is 13.2 Å². The predicted octanol–water partition coefficient (Wildman–Crippen LogP) is 4.30. The lowest BCUT2D eigenvalue weighted by Gasteiger charge is -2.33. The maximum atomic E-state index is 12.4. The van der Waals surface area contributed by atoms with E-state index in [1.807, 2.05) is 44.7 Å². The summed E-state index contributed by atoms with van der Waals surface area (Å²) in [5.41, 5.74) is 1.17. The van der Waals surface area contributed by atoms with Crippen LogP contribution in [0.5, 0.6) is 0 Å². The molecule has 0 N–H and O–H groups in total. The van der Waals surface area contributed by atoms with Crippen LogP contribution in [0.3, 0.4) is 0 Å². The minimum atomic E-state index is 0.0285. The second kappa shape index (κ2) is 9.00. The Bertz CT molecular complexity index is 491. The van der Waals surface area contributed by atoms with E-state index in [0.29, 0.717) is 25.5 Å². The van der Waals surface area contributed by atoms with Gasteiger partial charge >= 0.3 is 0 Å². The molecule has 0 spiro atoms. The molecule has 0 aromatic heterocycles. The molecular formula is C18H25NO2S2. The molecule has 2 fully saturated rings. The highest BCUT2D eigenvalue weighted by atomic mass is 33.1. The van der Waals surface area contributed by atoms with Crippen molar-refractivity contribution in [2.45, 2.75) is 43.5 Å². The molecule has 0 radical (unpaired) electrons. The van der Waals surface area contributed by atoms with Crippen molar-refractivity contribution in [3.8, 4) is 0 Å². The molecule has 2 aliphatic heterocycles. The number of nitrogens with zero attached hydrogens (tertiary/aromatic N) is 1. The summed E-state index contributed by atoms with van der Waals surface area (Å²) < 4.78 is 5.84. The number of rotatable bonds is 6. The van der Waals surface area contributed by atoms with Gasteiger partial charge in [0.2, 0.25) is 5.91 Å². The standard InChI is InChI=1S/C18H25NO2S2/c20-18(9-5-4-8-16-10-13-22-23-16)19-11-12-21-17(14-19)15-6-2-1-3-7-15/h1-3,6-7,16-17H,4-5,8-14H2/t16-,17-/m0/s1. The van der Waals surface area contributed by atoms with E-state index >= 15 is 0 Å². The van der Waals surface area contributed by atoms with Gasteiger partial charge in [-0.1, -0.05) is 58.3 Å². The Morgan fingerprint density at radius 2 is 2.13 bits per heavy atom. The molecule has 2 heterocycles. The lowest BCUT2D eigenvalue weighted by atomic mass is 10.1. The van der Waals surface area contributed by atoms with Crippen LogP contribution in [0.4, 0.5) is 0 Å². The molecule has 0 unspecified atom stereocenters. The number of benzene rings is 1. The Morgan fingerprint density at radius 3 is 2.91 bits per heavy atom. The third-order valence-electron chi connectivity index (χ3n) is 4.48. The number of amides is 1. The summed E-state index contributed by atoms with van der Waals surface area (Å²) in [6.07, 6.45) is 5.52. The van der Waals surface area contributed by atoms with E-state index in [1.54, 1.807) is 0 Å². The summed E-state index contributed by atoms with van der Waals surface area (Å²) in [4.78, 5) is 14.4. The zero-order valence-electron chi connectivity index (χ0n) is 13.5. The van der Waals surface area contributed by atoms with Crippen molar-refractivity contribution in [3.63, 3.8) is 0 Å². The van der Waals surface area contributed by atoms with Crippen molar-refractivity contribution >= 4 is 27.5 Å².